The van der Waals surface area contributed by atoms with Crippen LogP contribution in [0.5, 0.6) is 5.75 Å². The first kappa shape index (κ1) is 12.0. The second-order valence-corrected chi connectivity index (χ2v) is 5.35. The van der Waals surface area contributed by atoms with E-state index in [4.69, 9.17) is 4.42 Å². The third-order valence-corrected chi connectivity index (χ3v) is 3.93. The van der Waals surface area contributed by atoms with Gasteiger partial charge in [-0.3, -0.25) is 0 Å². The minimum Gasteiger partial charge on any atom is -0.507 e. The van der Waals surface area contributed by atoms with Gasteiger partial charge in [-0.25, -0.2) is 4.98 Å². The molecule has 21 heavy (non-hydrogen) atoms. The average molecular weight is 295 g/mol. The molecule has 6 heteroatoms. The van der Waals surface area contributed by atoms with E-state index in [-0.39, 0.29) is 5.75 Å². The maximum Gasteiger partial charge on any atom is 0.251 e. The molecule has 102 valence electrons. The molecule has 0 atom stereocenters. The number of rotatable bonds is 2. The predicted molar refractivity (Wildman–Crippen MR) is 80.0 cm³/mol. The number of benzene rings is 2. The van der Waals surface area contributed by atoms with Crippen LogP contribution in [0.4, 0.5) is 0 Å². The van der Waals surface area contributed by atoms with Gasteiger partial charge in [-0.1, -0.05) is 12.1 Å². The summed E-state index contributed by atoms with van der Waals surface area (Å²) < 4.78 is 6.73. The van der Waals surface area contributed by atoms with Gasteiger partial charge in [0.15, 0.2) is 0 Å². The van der Waals surface area contributed by atoms with E-state index in [0.29, 0.717) is 17.3 Å². The van der Waals surface area contributed by atoms with Crippen LogP contribution in [-0.4, -0.2) is 20.3 Å². The van der Waals surface area contributed by atoms with E-state index in [9.17, 15) is 5.11 Å². The number of thiazole rings is 1. The Labute approximate surface area is 123 Å². The Bertz CT molecular complexity index is 929. The van der Waals surface area contributed by atoms with Crippen molar-refractivity contribution in [1.82, 2.24) is 15.2 Å². The van der Waals surface area contributed by atoms with Crippen LogP contribution in [0.3, 0.4) is 0 Å². The van der Waals surface area contributed by atoms with E-state index < -0.39 is 0 Å². The van der Waals surface area contributed by atoms with Gasteiger partial charge >= 0.3 is 0 Å². The molecular weight excluding hydrogens is 286 g/mol. The highest BCUT2D eigenvalue weighted by Crippen LogP contribution is 2.31. The first-order chi connectivity index (χ1) is 10.3. The van der Waals surface area contributed by atoms with Gasteiger partial charge in [0.05, 0.1) is 21.3 Å². The van der Waals surface area contributed by atoms with Gasteiger partial charge in [-0.2, -0.15) is 0 Å². The fraction of sp³-hybridized carbons (Fsp3) is 0. The molecule has 0 aliphatic rings. The van der Waals surface area contributed by atoms with Crippen LogP contribution in [0.25, 0.3) is 33.1 Å². The highest BCUT2D eigenvalue weighted by Gasteiger charge is 2.13. The number of aromatic nitrogens is 3. The lowest BCUT2D eigenvalue weighted by molar-refractivity contribution is 0.473. The summed E-state index contributed by atoms with van der Waals surface area (Å²) in [6.45, 7) is 0. The molecule has 0 aliphatic carbocycles. The number of hydrogen-bond acceptors (Lipinski definition) is 6. The van der Waals surface area contributed by atoms with Crippen molar-refractivity contribution >= 4 is 21.6 Å². The standard InChI is InChI=1S/C15H9N3O2S/c19-12-4-2-1-3-10(12)15-18-17-14(20-15)9-5-6-11-13(7-9)21-8-16-11/h1-8,19H. The van der Waals surface area contributed by atoms with Gasteiger partial charge in [0, 0.05) is 5.56 Å². The topological polar surface area (TPSA) is 72.0 Å². The van der Waals surface area contributed by atoms with Crippen LogP contribution >= 0.6 is 11.3 Å². The van der Waals surface area contributed by atoms with E-state index >= 15 is 0 Å². The monoisotopic (exact) mass is 295 g/mol. The molecule has 0 bridgehead atoms. The molecule has 0 spiro atoms. The van der Waals surface area contributed by atoms with Crippen LogP contribution in [0, 0.1) is 0 Å². The maximum absolute atomic E-state index is 9.82. The molecule has 2 heterocycles. The molecule has 0 aliphatic heterocycles. The van der Waals surface area contributed by atoms with Crippen molar-refractivity contribution < 1.29 is 9.52 Å². The number of aromatic hydroxyl groups is 1. The summed E-state index contributed by atoms with van der Waals surface area (Å²) in [4.78, 5) is 4.24. The number of para-hydroxylation sites is 1. The summed E-state index contributed by atoms with van der Waals surface area (Å²) in [5.41, 5.74) is 4.11. The third kappa shape index (κ3) is 2.05. The minimum atomic E-state index is 0.116. The minimum absolute atomic E-state index is 0.116. The second kappa shape index (κ2) is 4.68. The number of phenolic OH excluding ortho intramolecular Hbond substituents is 1. The first-order valence-electron chi connectivity index (χ1n) is 6.27. The molecule has 0 amide bonds. The Morgan fingerprint density at radius 1 is 1.00 bits per heavy atom. The van der Waals surface area contributed by atoms with E-state index in [1.807, 2.05) is 24.3 Å². The molecule has 0 saturated carbocycles. The lowest BCUT2D eigenvalue weighted by Crippen LogP contribution is -1.78. The van der Waals surface area contributed by atoms with Crippen LogP contribution in [0.15, 0.2) is 52.4 Å². The molecule has 0 radical (unpaired) electrons. The Morgan fingerprint density at radius 2 is 1.86 bits per heavy atom. The Hall–Kier alpha value is -2.73. The molecule has 4 rings (SSSR count). The zero-order valence-electron chi connectivity index (χ0n) is 10.7. The summed E-state index contributed by atoms with van der Waals surface area (Å²) in [6, 6.07) is 12.7. The molecule has 1 N–H and O–H groups in total. The average Bonchev–Trinajstić information content (AvgIpc) is 3.16. The van der Waals surface area contributed by atoms with Gasteiger partial charge in [0.2, 0.25) is 5.89 Å². The maximum atomic E-state index is 9.82. The molecular formula is C15H9N3O2S. The molecule has 2 aromatic heterocycles. The third-order valence-electron chi connectivity index (χ3n) is 3.14. The molecule has 0 unspecified atom stereocenters. The van der Waals surface area contributed by atoms with E-state index in [2.05, 4.69) is 15.2 Å². The van der Waals surface area contributed by atoms with E-state index in [1.165, 1.54) is 0 Å². The number of nitrogens with zero attached hydrogens (tertiary/aromatic N) is 3. The van der Waals surface area contributed by atoms with Crippen LogP contribution in [-0.2, 0) is 0 Å². The number of fused-ring (bicyclic) bond motifs is 1. The lowest BCUT2D eigenvalue weighted by atomic mass is 10.2. The first-order valence-corrected chi connectivity index (χ1v) is 7.15. The van der Waals surface area contributed by atoms with E-state index in [0.717, 1.165) is 15.8 Å². The van der Waals surface area contributed by atoms with Crippen molar-refractivity contribution in [3.63, 3.8) is 0 Å². The highest BCUT2D eigenvalue weighted by molar-refractivity contribution is 7.16. The molecule has 0 fully saturated rings. The van der Waals surface area contributed by atoms with Crippen LogP contribution < -0.4 is 0 Å². The number of hydrogen-bond donors (Lipinski definition) is 1. The smallest absolute Gasteiger partial charge is 0.251 e. The van der Waals surface area contributed by atoms with E-state index in [1.54, 1.807) is 35.0 Å². The number of phenols is 1. The van der Waals surface area contributed by atoms with Gasteiger partial charge < -0.3 is 9.52 Å². The van der Waals surface area contributed by atoms with Gasteiger partial charge in [-0.05, 0) is 30.3 Å². The SMILES string of the molecule is Oc1ccccc1-c1nnc(-c2ccc3ncsc3c2)o1. The molecule has 5 nitrogen and oxygen atoms in total. The van der Waals surface area contributed by atoms with Crippen molar-refractivity contribution in [2.75, 3.05) is 0 Å². The fourth-order valence-electron chi connectivity index (χ4n) is 2.09. The summed E-state index contributed by atoms with van der Waals surface area (Å²) in [5.74, 6) is 0.835. The summed E-state index contributed by atoms with van der Waals surface area (Å²) in [5, 5.41) is 17.9. The summed E-state index contributed by atoms with van der Waals surface area (Å²) in [6.07, 6.45) is 0. The summed E-state index contributed by atoms with van der Waals surface area (Å²) in [7, 11) is 0. The van der Waals surface area contributed by atoms with Crippen molar-refractivity contribution in [2.45, 2.75) is 0 Å². The van der Waals surface area contributed by atoms with Gasteiger partial charge in [0.25, 0.3) is 5.89 Å². The van der Waals surface area contributed by atoms with Crippen molar-refractivity contribution in [3.05, 3.63) is 48.0 Å². The zero-order valence-corrected chi connectivity index (χ0v) is 11.5. The quantitative estimate of drug-likeness (QED) is 0.610. The highest BCUT2D eigenvalue weighted by atomic mass is 32.1. The Balaban J connectivity index is 1.78. The predicted octanol–water partition coefficient (Wildman–Crippen LogP) is 3.72. The van der Waals surface area contributed by atoms with Gasteiger partial charge in [-0.15, -0.1) is 21.5 Å². The molecule has 4 aromatic rings. The lowest BCUT2D eigenvalue weighted by Gasteiger charge is -1.98. The largest absolute Gasteiger partial charge is 0.507 e. The zero-order chi connectivity index (χ0) is 14.2. The van der Waals surface area contributed by atoms with Gasteiger partial charge in [0.1, 0.15) is 5.75 Å². The fourth-order valence-corrected chi connectivity index (χ4v) is 2.81. The summed E-state index contributed by atoms with van der Waals surface area (Å²) >= 11 is 1.56. The van der Waals surface area contributed by atoms with Crippen LogP contribution in [0.1, 0.15) is 0 Å². The Morgan fingerprint density at radius 3 is 2.76 bits per heavy atom. The van der Waals surface area contributed by atoms with Crippen molar-refractivity contribution in [1.29, 1.82) is 0 Å². The molecule has 2 aromatic carbocycles. The van der Waals surface area contributed by atoms with Crippen molar-refractivity contribution in [2.24, 2.45) is 0 Å². The second-order valence-electron chi connectivity index (χ2n) is 4.46. The molecule has 0 saturated heterocycles. The normalized spacial score (nSPS) is 11.0. The van der Waals surface area contributed by atoms with Crippen molar-refractivity contribution in [3.8, 4) is 28.7 Å². The Kier molecular flexibility index (Phi) is 2.68. The van der Waals surface area contributed by atoms with Crippen LogP contribution in [0.2, 0.25) is 0 Å².